The summed E-state index contributed by atoms with van der Waals surface area (Å²) in [6, 6.07) is 2.58. The summed E-state index contributed by atoms with van der Waals surface area (Å²) >= 11 is 5.51. The van der Waals surface area contributed by atoms with Crippen molar-refractivity contribution in [1.29, 1.82) is 0 Å². The molecule has 2 aromatic heterocycles. The number of nitrogens with two attached hydrogens (primary N) is 1. The third-order valence-corrected chi connectivity index (χ3v) is 4.14. The Morgan fingerprint density at radius 2 is 1.83 bits per heavy atom. The second-order valence-electron chi connectivity index (χ2n) is 5.92. The molecule has 0 spiro atoms. The lowest BCUT2D eigenvalue weighted by Gasteiger charge is -2.14. The highest BCUT2D eigenvalue weighted by Crippen LogP contribution is 2.36. The number of alkyl halides is 6. The van der Waals surface area contributed by atoms with Gasteiger partial charge < -0.3 is 5.73 Å². The van der Waals surface area contributed by atoms with Gasteiger partial charge in [0.15, 0.2) is 5.69 Å². The van der Waals surface area contributed by atoms with E-state index in [4.69, 9.17) is 17.3 Å². The number of H-pyrrole nitrogens is 1. The first-order chi connectivity index (χ1) is 13.4. The molecule has 0 fully saturated rings. The molecule has 3 rings (SSSR count). The number of rotatable bonds is 3. The number of aromatic nitrogens is 4. The zero-order valence-corrected chi connectivity index (χ0v) is 14.8. The maximum atomic E-state index is 13.5. The molecule has 3 N–H and O–H groups in total. The van der Waals surface area contributed by atoms with Crippen LogP contribution in [0.15, 0.2) is 35.4 Å². The number of anilines is 1. The standard InChI is InChI=1S/C16H10ClF6N5O/c17-11-2-1-7(4-10(11)15(18,19)20)3-9-12(16(21,22)23)26-14(27-13(9)29)28-6-8(24)5-25-28/h1-2,4-6H,3,24H2,(H,26,27,29). The van der Waals surface area contributed by atoms with Gasteiger partial charge in [0.25, 0.3) is 5.56 Å². The van der Waals surface area contributed by atoms with Crippen molar-refractivity contribution >= 4 is 17.3 Å². The first-order valence-corrected chi connectivity index (χ1v) is 8.10. The molecule has 2 heterocycles. The van der Waals surface area contributed by atoms with E-state index < -0.39 is 52.1 Å². The quantitative estimate of drug-likeness (QED) is 0.610. The third kappa shape index (κ3) is 4.36. The normalized spacial score (nSPS) is 12.4. The Hall–Kier alpha value is -3.02. The van der Waals surface area contributed by atoms with Crippen LogP contribution in [0.3, 0.4) is 0 Å². The average molecular weight is 438 g/mol. The lowest BCUT2D eigenvalue weighted by atomic mass is 10.0. The van der Waals surface area contributed by atoms with Crippen molar-refractivity contribution in [2.75, 3.05) is 5.73 Å². The van der Waals surface area contributed by atoms with Gasteiger partial charge in [-0.05, 0) is 17.7 Å². The molecule has 0 atom stereocenters. The van der Waals surface area contributed by atoms with E-state index in [-0.39, 0.29) is 11.3 Å². The molecule has 0 saturated carbocycles. The Kier molecular flexibility index (Phi) is 5.07. The summed E-state index contributed by atoms with van der Waals surface area (Å²) in [6.07, 6.45) is -8.34. The molecule has 0 aliphatic carbocycles. The number of benzene rings is 1. The Balaban J connectivity index is 2.12. The van der Waals surface area contributed by atoms with Crippen molar-refractivity contribution in [3.8, 4) is 5.95 Å². The van der Waals surface area contributed by atoms with Crippen molar-refractivity contribution in [3.63, 3.8) is 0 Å². The van der Waals surface area contributed by atoms with E-state index in [1.807, 2.05) is 0 Å². The first-order valence-electron chi connectivity index (χ1n) is 7.73. The number of hydrogen-bond donors (Lipinski definition) is 2. The average Bonchev–Trinajstić information content (AvgIpc) is 3.02. The molecule has 0 unspecified atom stereocenters. The van der Waals surface area contributed by atoms with Gasteiger partial charge in [0.05, 0.1) is 34.2 Å². The predicted octanol–water partition coefficient (Wildman–Crippen LogP) is 3.82. The summed E-state index contributed by atoms with van der Waals surface area (Å²) in [7, 11) is 0. The van der Waals surface area contributed by atoms with Gasteiger partial charge in [-0.3, -0.25) is 9.78 Å². The van der Waals surface area contributed by atoms with Gasteiger partial charge in [-0.25, -0.2) is 9.67 Å². The van der Waals surface area contributed by atoms with E-state index in [0.717, 1.165) is 29.2 Å². The van der Waals surface area contributed by atoms with Crippen LogP contribution in [0.25, 0.3) is 5.95 Å². The predicted molar refractivity (Wildman–Crippen MR) is 90.7 cm³/mol. The van der Waals surface area contributed by atoms with Crippen molar-refractivity contribution in [2.45, 2.75) is 18.8 Å². The number of nitrogen functional groups attached to an aromatic ring is 1. The number of nitrogens with zero attached hydrogens (tertiary/aromatic N) is 3. The third-order valence-electron chi connectivity index (χ3n) is 3.81. The lowest BCUT2D eigenvalue weighted by molar-refractivity contribution is -0.142. The van der Waals surface area contributed by atoms with E-state index in [2.05, 4.69) is 15.1 Å². The Morgan fingerprint density at radius 1 is 1.14 bits per heavy atom. The van der Waals surface area contributed by atoms with Gasteiger partial charge in [0, 0.05) is 6.42 Å². The molecule has 0 aliphatic heterocycles. The second kappa shape index (κ2) is 7.10. The molecular formula is C16H10ClF6N5O. The van der Waals surface area contributed by atoms with E-state index in [1.54, 1.807) is 0 Å². The molecule has 154 valence electrons. The molecule has 0 amide bonds. The summed E-state index contributed by atoms with van der Waals surface area (Å²) in [4.78, 5) is 17.8. The maximum absolute atomic E-state index is 13.5. The number of nitrogens with one attached hydrogen (secondary N) is 1. The second-order valence-corrected chi connectivity index (χ2v) is 6.33. The van der Waals surface area contributed by atoms with Crippen LogP contribution in [-0.2, 0) is 18.8 Å². The van der Waals surface area contributed by atoms with Crippen LogP contribution in [-0.4, -0.2) is 19.7 Å². The van der Waals surface area contributed by atoms with Crippen LogP contribution in [0.2, 0.25) is 5.02 Å². The fraction of sp³-hybridized carbons (Fsp3) is 0.188. The highest BCUT2D eigenvalue weighted by Gasteiger charge is 2.38. The molecule has 0 radical (unpaired) electrons. The van der Waals surface area contributed by atoms with Crippen molar-refractivity contribution in [1.82, 2.24) is 19.7 Å². The number of hydrogen-bond acceptors (Lipinski definition) is 4. The van der Waals surface area contributed by atoms with Crippen LogP contribution in [0.4, 0.5) is 32.0 Å². The number of halogens is 7. The van der Waals surface area contributed by atoms with Crippen LogP contribution in [0, 0.1) is 0 Å². The van der Waals surface area contributed by atoms with Gasteiger partial charge in [-0.1, -0.05) is 17.7 Å². The van der Waals surface area contributed by atoms with E-state index in [9.17, 15) is 31.1 Å². The molecule has 1 aromatic carbocycles. The minimum Gasteiger partial charge on any atom is -0.396 e. The fourth-order valence-corrected chi connectivity index (χ4v) is 2.77. The smallest absolute Gasteiger partial charge is 0.396 e. The van der Waals surface area contributed by atoms with E-state index >= 15 is 0 Å². The monoisotopic (exact) mass is 437 g/mol. The summed E-state index contributed by atoms with van der Waals surface area (Å²) in [5, 5.41) is 3.05. The number of aromatic amines is 1. The Labute approximate surface area is 162 Å². The zero-order valence-electron chi connectivity index (χ0n) is 14.1. The van der Waals surface area contributed by atoms with Crippen LogP contribution >= 0.6 is 11.6 Å². The SMILES string of the molecule is Nc1cnn(-c2nc(C(F)(F)F)c(Cc3ccc(Cl)c(C(F)(F)F)c3)c(=O)[nH]2)c1. The van der Waals surface area contributed by atoms with Crippen molar-refractivity contribution in [3.05, 3.63) is 68.4 Å². The van der Waals surface area contributed by atoms with Crippen LogP contribution in [0.5, 0.6) is 0 Å². The fourth-order valence-electron chi connectivity index (χ4n) is 2.55. The minimum absolute atomic E-state index is 0.117. The molecular weight excluding hydrogens is 428 g/mol. The van der Waals surface area contributed by atoms with Crippen LogP contribution < -0.4 is 11.3 Å². The zero-order chi connectivity index (χ0) is 21.6. The van der Waals surface area contributed by atoms with Crippen LogP contribution in [0.1, 0.15) is 22.4 Å². The minimum atomic E-state index is -5.05. The van der Waals surface area contributed by atoms with Crippen molar-refractivity contribution in [2.24, 2.45) is 0 Å². The molecule has 3 aromatic rings. The van der Waals surface area contributed by atoms with Gasteiger partial charge in [0.1, 0.15) is 0 Å². The van der Waals surface area contributed by atoms with Gasteiger partial charge in [0.2, 0.25) is 5.95 Å². The molecule has 0 saturated heterocycles. The Bertz CT molecular complexity index is 1120. The summed E-state index contributed by atoms with van der Waals surface area (Å²) in [5.41, 5.74) is 0.560. The highest BCUT2D eigenvalue weighted by atomic mass is 35.5. The highest BCUT2D eigenvalue weighted by molar-refractivity contribution is 6.31. The molecule has 13 heteroatoms. The van der Waals surface area contributed by atoms with Gasteiger partial charge in [-0.15, -0.1) is 0 Å². The summed E-state index contributed by atoms with van der Waals surface area (Å²) in [6.45, 7) is 0. The molecule has 0 bridgehead atoms. The summed E-state index contributed by atoms with van der Waals surface area (Å²) < 4.78 is 80.3. The van der Waals surface area contributed by atoms with E-state index in [1.165, 1.54) is 0 Å². The van der Waals surface area contributed by atoms with Crippen molar-refractivity contribution < 1.29 is 26.3 Å². The molecule has 0 aliphatic rings. The lowest BCUT2D eigenvalue weighted by Crippen LogP contribution is -2.26. The first kappa shape index (κ1) is 20.7. The topological polar surface area (TPSA) is 89.6 Å². The van der Waals surface area contributed by atoms with E-state index in [0.29, 0.717) is 6.07 Å². The Morgan fingerprint density at radius 3 is 2.38 bits per heavy atom. The summed E-state index contributed by atoms with van der Waals surface area (Å²) in [5.74, 6) is -0.546. The molecule has 6 nitrogen and oxygen atoms in total. The van der Waals surface area contributed by atoms with Gasteiger partial charge in [-0.2, -0.15) is 31.4 Å². The molecule has 29 heavy (non-hydrogen) atoms. The maximum Gasteiger partial charge on any atom is 0.433 e. The largest absolute Gasteiger partial charge is 0.433 e. The van der Waals surface area contributed by atoms with Gasteiger partial charge >= 0.3 is 12.4 Å².